The number of aromatic carboxylic acids is 1. The number of nitrogens with one attached hydrogen (secondary N) is 1. The summed E-state index contributed by atoms with van der Waals surface area (Å²) in [7, 11) is 0. The third kappa shape index (κ3) is 5.10. The highest BCUT2D eigenvalue weighted by Crippen LogP contribution is 2.31. The lowest BCUT2D eigenvalue weighted by atomic mass is 10.1. The van der Waals surface area contributed by atoms with Gasteiger partial charge in [-0.15, -0.1) is 0 Å². The second kappa shape index (κ2) is 6.61. The van der Waals surface area contributed by atoms with E-state index in [1.807, 2.05) is 0 Å². The normalized spacial score (nSPS) is 11.2. The molecule has 1 aromatic rings. The van der Waals surface area contributed by atoms with Crippen molar-refractivity contribution < 1.29 is 28.0 Å². The van der Waals surface area contributed by atoms with Crippen LogP contribution in [0.25, 0.3) is 0 Å². The molecule has 2 N–H and O–H groups in total. The molecule has 0 spiro atoms. The largest absolute Gasteiger partial charge is 0.478 e. The van der Waals surface area contributed by atoms with E-state index in [-0.39, 0.29) is 23.7 Å². The molecule has 0 amide bonds. The van der Waals surface area contributed by atoms with Gasteiger partial charge in [0.25, 0.3) is 5.69 Å². The van der Waals surface area contributed by atoms with Crippen molar-refractivity contribution >= 4 is 28.9 Å². The molecule has 21 heavy (non-hydrogen) atoms. The van der Waals surface area contributed by atoms with Gasteiger partial charge < -0.3 is 10.4 Å². The number of nitro benzene ring substituents is 1. The monoisotopic (exact) mass is 326 g/mol. The SMILES string of the molecule is O=C(O)c1cc([N+](=O)[O-])cc(Cl)c1NCCCC(F)(F)F. The number of carbonyl (C=O) groups is 1. The van der Waals surface area contributed by atoms with E-state index in [0.29, 0.717) is 0 Å². The van der Waals surface area contributed by atoms with Gasteiger partial charge in [-0.1, -0.05) is 11.6 Å². The highest BCUT2D eigenvalue weighted by Gasteiger charge is 2.26. The minimum absolute atomic E-state index is 0.142. The van der Waals surface area contributed by atoms with Gasteiger partial charge in [0.05, 0.1) is 21.2 Å². The number of nitrogens with zero attached hydrogens (tertiary/aromatic N) is 1. The number of non-ortho nitro benzene ring substituents is 1. The van der Waals surface area contributed by atoms with Gasteiger partial charge in [-0.05, 0) is 6.42 Å². The Kier molecular flexibility index (Phi) is 5.36. The third-order valence-corrected chi connectivity index (χ3v) is 2.75. The van der Waals surface area contributed by atoms with Gasteiger partial charge >= 0.3 is 12.1 Å². The quantitative estimate of drug-likeness (QED) is 0.472. The molecule has 0 aliphatic heterocycles. The number of nitro groups is 1. The maximum atomic E-state index is 12.0. The molecule has 0 fully saturated rings. The van der Waals surface area contributed by atoms with Crippen LogP contribution in [0.1, 0.15) is 23.2 Å². The molecule has 0 aromatic heterocycles. The lowest BCUT2D eigenvalue weighted by Gasteiger charge is -2.12. The molecule has 0 aliphatic rings. The first-order chi connectivity index (χ1) is 9.61. The second-order valence-electron chi connectivity index (χ2n) is 4.06. The van der Waals surface area contributed by atoms with Crippen LogP contribution in [0, 0.1) is 10.1 Å². The molecule has 0 bridgehead atoms. The van der Waals surface area contributed by atoms with Gasteiger partial charge in [-0.25, -0.2) is 4.79 Å². The van der Waals surface area contributed by atoms with Gasteiger partial charge in [-0.2, -0.15) is 13.2 Å². The van der Waals surface area contributed by atoms with Crippen LogP contribution >= 0.6 is 11.6 Å². The third-order valence-electron chi connectivity index (χ3n) is 2.46. The zero-order valence-corrected chi connectivity index (χ0v) is 11.2. The minimum Gasteiger partial charge on any atom is -0.478 e. The topological polar surface area (TPSA) is 92.5 Å². The molecular weight excluding hydrogens is 317 g/mol. The average molecular weight is 327 g/mol. The van der Waals surface area contributed by atoms with E-state index < -0.39 is 34.7 Å². The Hall–Kier alpha value is -2.03. The molecule has 0 aliphatic carbocycles. The molecule has 1 aromatic carbocycles. The molecule has 0 saturated heterocycles. The fraction of sp³-hybridized carbons (Fsp3) is 0.364. The maximum absolute atomic E-state index is 12.0. The molecule has 0 radical (unpaired) electrons. The predicted octanol–water partition coefficient (Wildman–Crippen LogP) is 3.70. The number of anilines is 1. The smallest absolute Gasteiger partial charge is 0.389 e. The minimum atomic E-state index is -4.31. The van der Waals surface area contributed by atoms with Crippen LogP contribution in [0.2, 0.25) is 5.02 Å². The van der Waals surface area contributed by atoms with E-state index in [2.05, 4.69) is 5.32 Å². The van der Waals surface area contributed by atoms with E-state index in [1.54, 1.807) is 0 Å². The number of alkyl halides is 3. The molecule has 0 saturated carbocycles. The Morgan fingerprint density at radius 2 is 2.05 bits per heavy atom. The van der Waals surface area contributed by atoms with Gasteiger partial charge in [0, 0.05) is 25.1 Å². The summed E-state index contributed by atoms with van der Waals surface area (Å²) in [5.74, 6) is -1.47. The summed E-state index contributed by atoms with van der Waals surface area (Å²) in [6.07, 6.45) is -5.63. The lowest BCUT2D eigenvalue weighted by Crippen LogP contribution is -2.13. The zero-order valence-electron chi connectivity index (χ0n) is 10.4. The van der Waals surface area contributed by atoms with E-state index in [9.17, 15) is 28.1 Å². The first-order valence-corrected chi connectivity index (χ1v) is 6.01. The summed E-state index contributed by atoms with van der Waals surface area (Å²) < 4.78 is 36.0. The highest BCUT2D eigenvalue weighted by molar-refractivity contribution is 6.34. The Morgan fingerprint density at radius 1 is 1.43 bits per heavy atom. The first kappa shape index (κ1) is 17.0. The lowest BCUT2D eigenvalue weighted by molar-refractivity contribution is -0.384. The van der Waals surface area contributed by atoms with Crippen molar-refractivity contribution in [2.45, 2.75) is 19.0 Å². The molecule has 0 atom stereocenters. The van der Waals surface area contributed by atoms with Gasteiger partial charge in [0.1, 0.15) is 0 Å². The van der Waals surface area contributed by atoms with Crippen molar-refractivity contribution in [2.24, 2.45) is 0 Å². The summed E-state index contributed by atoms with van der Waals surface area (Å²) in [6, 6.07) is 1.72. The highest BCUT2D eigenvalue weighted by atomic mass is 35.5. The van der Waals surface area contributed by atoms with Crippen LogP contribution in [0.5, 0.6) is 0 Å². The van der Waals surface area contributed by atoms with Crippen LogP contribution in [-0.4, -0.2) is 28.7 Å². The molecule has 0 unspecified atom stereocenters. The van der Waals surface area contributed by atoms with Crippen LogP contribution in [0.4, 0.5) is 24.5 Å². The molecule has 6 nitrogen and oxygen atoms in total. The van der Waals surface area contributed by atoms with Crippen molar-refractivity contribution in [3.05, 3.63) is 32.8 Å². The van der Waals surface area contributed by atoms with Crippen LogP contribution in [0.3, 0.4) is 0 Å². The van der Waals surface area contributed by atoms with Crippen molar-refractivity contribution in [1.82, 2.24) is 0 Å². The van der Waals surface area contributed by atoms with Gasteiger partial charge in [0.15, 0.2) is 0 Å². The van der Waals surface area contributed by atoms with Crippen LogP contribution < -0.4 is 5.32 Å². The molecule has 1 rings (SSSR count). The number of carboxylic acids is 1. The van der Waals surface area contributed by atoms with Crippen molar-refractivity contribution in [2.75, 3.05) is 11.9 Å². The Morgan fingerprint density at radius 3 is 2.52 bits per heavy atom. The Bertz CT molecular complexity index is 563. The van der Waals surface area contributed by atoms with Crippen LogP contribution in [0.15, 0.2) is 12.1 Å². The molecular formula is C11H10ClF3N2O4. The fourth-order valence-electron chi connectivity index (χ4n) is 1.55. The van der Waals surface area contributed by atoms with Crippen molar-refractivity contribution in [1.29, 1.82) is 0 Å². The fourth-order valence-corrected chi connectivity index (χ4v) is 1.83. The van der Waals surface area contributed by atoms with Gasteiger partial charge in [0.2, 0.25) is 0 Å². The summed E-state index contributed by atoms with van der Waals surface area (Å²) >= 11 is 5.74. The Balaban J connectivity index is 2.91. The van der Waals surface area contributed by atoms with E-state index in [0.717, 1.165) is 12.1 Å². The molecule has 116 valence electrons. The van der Waals surface area contributed by atoms with E-state index in [1.165, 1.54) is 0 Å². The van der Waals surface area contributed by atoms with Crippen LogP contribution in [-0.2, 0) is 0 Å². The standard InChI is InChI=1S/C11H10ClF3N2O4/c12-8-5-6(17(20)21)4-7(10(18)19)9(8)16-3-1-2-11(13,14)15/h4-5,16H,1-3H2,(H,18,19). The van der Waals surface area contributed by atoms with Crippen molar-refractivity contribution in [3.63, 3.8) is 0 Å². The second-order valence-corrected chi connectivity index (χ2v) is 4.47. The van der Waals surface area contributed by atoms with E-state index >= 15 is 0 Å². The number of rotatable bonds is 6. The zero-order chi connectivity index (χ0) is 16.2. The summed E-state index contributed by atoms with van der Waals surface area (Å²) in [5.41, 5.74) is -1.13. The molecule has 10 heteroatoms. The average Bonchev–Trinajstić information content (AvgIpc) is 2.33. The maximum Gasteiger partial charge on any atom is 0.389 e. The number of halogens is 4. The predicted molar refractivity (Wildman–Crippen MR) is 68.8 cm³/mol. The van der Waals surface area contributed by atoms with E-state index in [4.69, 9.17) is 16.7 Å². The van der Waals surface area contributed by atoms with Crippen molar-refractivity contribution in [3.8, 4) is 0 Å². The molecule has 0 heterocycles. The Labute approximate surface area is 121 Å². The summed E-state index contributed by atoms with van der Waals surface area (Å²) in [4.78, 5) is 20.8. The number of hydrogen-bond donors (Lipinski definition) is 2. The summed E-state index contributed by atoms with van der Waals surface area (Å²) in [6.45, 7) is -0.169. The first-order valence-electron chi connectivity index (χ1n) is 5.63. The number of carboxylic acid groups (broad SMARTS) is 1. The number of benzene rings is 1. The number of hydrogen-bond acceptors (Lipinski definition) is 4. The van der Waals surface area contributed by atoms with Gasteiger partial charge in [-0.3, -0.25) is 10.1 Å². The summed E-state index contributed by atoms with van der Waals surface area (Å²) in [5, 5.41) is 21.8.